The second-order valence-corrected chi connectivity index (χ2v) is 11.0. The van der Waals surface area contributed by atoms with E-state index in [2.05, 4.69) is 20.7 Å². The van der Waals surface area contributed by atoms with Gasteiger partial charge in [0.05, 0.1) is 46.3 Å². The highest BCUT2D eigenvalue weighted by Crippen LogP contribution is 2.42. The van der Waals surface area contributed by atoms with Crippen molar-refractivity contribution in [1.82, 2.24) is 20.1 Å². The van der Waals surface area contributed by atoms with Crippen molar-refractivity contribution in [2.45, 2.75) is 25.1 Å². The first-order valence-corrected chi connectivity index (χ1v) is 14.5. The van der Waals surface area contributed by atoms with Gasteiger partial charge in [-0.25, -0.2) is 9.67 Å². The Labute approximate surface area is 262 Å². The molecule has 3 N–H and O–H groups in total. The minimum absolute atomic E-state index is 0.0708. The second-order valence-electron chi connectivity index (χ2n) is 9.86. The molecule has 43 heavy (non-hydrogen) atoms. The van der Waals surface area contributed by atoms with E-state index in [4.69, 9.17) is 44.3 Å². The van der Waals surface area contributed by atoms with Crippen LogP contribution < -0.4 is 20.9 Å². The van der Waals surface area contributed by atoms with Crippen molar-refractivity contribution in [2.75, 3.05) is 25.6 Å². The number of aliphatic hydroxyl groups is 1. The van der Waals surface area contributed by atoms with Crippen LogP contribution in [0.25, 0.3) is 22.4 Å². The van der Waals surface area contributed by atoms with Crippen LogP contribution in [0, 0.1) is 0 Å². The fourth-order valence-electron chi connectivity index (χ4n) is 4.82. The highest BCUT2D eigenvalue weighted by molar-refractivity contribution is 6.39. The largest absolute Gasteiger partial charge is 0.481 e. The van der Waals surface area contributed by atoms with Crippen LogP contribution in [-0.4, -0.2) is 58.2 Å². The molecule has 1 fully saturated rings. The number of aliphatic hydroxyl groups excluding tert-OH is 1. The number of nitrogens with one attached hydrogen (secondary N) is 2. The summed E-state index contributed by atoms with van der Waals surface area (Å²) in [5, 5.41) is 21.1. The molecule has 0 spiro atoms. The molecule has 0 radical (unpaired) electrons. The predicted molar refractivity (Wildman–Crippen MR) is 166 cm³/mol. The SMILES string of the molecule is COc1nc(-c2cccc(-c3cccc(NC(=O)c4ccnn(C)c4=O)c3Cl)c2Cl)cc(Cl)c1CN[C@@H]1CCOC[C@@H]1O. The van der Waals surface area contributed by atoms with Crippen LogP contribution >= 0.6 is 34.8 Å². The lowest BCUT2D eigenvalue weighted by Crippen LogP contribution is -2.46. The summed E-state index contributed by atoms with van der Waals surface area (Å²) < 4.78 is 12.0. The molecule has 3 heterocycles. The average molecular weight is 645 g/mol. The Kier molecular flexibility index (Phi) is 9.65. The molecule has 224 valence electrons. The van der Waals surface area contributed by atoms with Gasteiger partial charge < -0.3 is 25.2 Å². The molecular weight excluding hydrogens is 617 g/mol. The van der Waals surface area contributed by atoms with Crippen LogP contribution in [0.5, 0.6) is 5.88 Å². The molecule has 0 unspecified atom stereocenters. The number of carbonyl (C=O) groups is 1. The van der Waals surface area contributed by atoms with Gasteiger partial charge in [0.15, 0.2) is 0 Å². The van der Waals surface area contributed by atoms with E-state index < -0.39 is 17.6 Å². The number of rotatable bonds is 8. The van der Waals surface area contributed by atoms with Gasteiger partial charge in [-0.15, -0.1) is 0 Å². The van der Waals surface area contributed by atoms with Crippen LogP contribution in [0.2, 0.25) is 15.1 Å². The fourth-order valence-corrected chi connectivity index (χ4v) is 5.67. The molecular formula is C30H28Cl3N5O5. The highest BCUT2D eigenvalue weighted by atomic mass is 35.5. The number of methoxy groups -OCH3 is 1. The van der Waals surface area contributed by atoms with Crippen molar-refractivity contribution in [3.63, 3.8) is 0 Å². The van der Waals surface area contributed by atoms with E-state index in [1.807, 2.05) is 6.07 Å². The summed E-state index contributed by atoms with van der Waals surface area (Å²) in [7, 11) is 2.97. The van der Waals surface area contributed by atoms with E-state index in [1.54, 1.807) is 36.4 Å². The molecule has 4 aromatic rings. The first-order valence-electron chi connectivity index (χ1n) is 13.3. The Morgan fingerprint density at radius 1 is 1.12 bits per heavy atom. The third kappa shape index (κ3) is 6.54. The maximum atomic E-state index is 12.9. The van der Waals surface area contributed by atoms with E-state index in [0.717, 1.165) is 4.68 Å². The number of hydrogen-bond acceptors (Lipinski definition) is 8. The number of pyridine rings is 1. The molecule has 2 aromatic carbocycles. The van der Waals surface area contributed by atoms with Crippen molar-refractivity contribution in [1.29, 1.82) is 0 Å². The second kappa shape index (κ2) is 13.4. The van der Waals surface area contributed by atoms with Crippen LogP contribution in [-0.2, 0) is 18.3 Å². The number of amides is 1. The molecule has 10 nitrogen and oxygen atoms in total. The van der Waals surface area contributed by atoms with E-state index in [1.165, 1.54) is 26.4 Å². The number of ether oxygens (including phenoxy) is 2. The molecule has 1 saturated heterocycles. The molecule has 13 heteroatoms. The first-order chi connectivity index (χ1) is 20.7. The molecule has 0 bridgehead atoms. The van der Waals surface area contributed by atoms with Gasteiger partial charge >= 0.3 is 0 Å². The van der Waals surface area contributed by atoms with Crippen molar-refractivity contribution >= 4 is 46.4 Å². The lowest BCUT2D eigenvalue weighted by atomic mass is 10.00. The van der Waals surface area contributed by atoms with Gasteiger partial charge in [-0.3, -0.25) is 9.59 Å². The third-order valence-corrected chi connectivity index (χ3v) is 8.31. The van der Waals surface area contributed by atoms with E-state index in [-0.39, 0.29) is 23.2 Å². The molecule has 2 aromatic heterocycles. The predicted octanol–water partition coefficient (Wildman–Crippen LogP) is 4.97. The summed E-state index contributed by atoms with van der Waals surface area (Å²) in [4.78, 5) is 29.9. The van der Waals surface area contributed by atoms with Gasteiger partial charge in [-0.2, -0.15) is 5.10 Å². The van der Waals surface area contributed by atoms with Crippen molar-refractivity contribution in [2.24, 2.45) is 7.05 Å². The minimum Gasteiger partial charge on any atom is -0.481 e. The minimum atomic E-state index is -0.617. The lowest BCUT2D eigenvalue weighted by Gasteiger charge is -2.29. The molecule has 0 saturated carbocycles. The van der Waals surface area contributed by atoms with Gasteiger partial charge in [0.1, 0.15) is 5.56 Å². The number of aromatic nitrogens is 3. The Balaban J connectivity index is 1.44. The van der Waals surface area contributed by atoms with Gasteiger partial charge in [0, 0.05) is 54.7 Å². The zero-order chi connectivity index (χ0) is 30.7. The smallest absolute Gasteiger partial charge is 0.279 e. The lowest BCUT2D eigenvalue weighted by molar-refractivity contribution is -0.0281. The molecule has 1 aliphatic heterocycles. The van der Waals surface area contributed by atoms with Crippen molar-refractivity contribution in [3.8, 4) is 28.3 Å². The zero-order valence-electron chi connectivity index (χ0n) is 23.2. The van der Waals surface area contributed by atoms with Gasteiger partial charge in [-0.1, -0.05) is 65.1 Å². The number of anilines is 1. The maximum Gasteiger partial charge on any atom is 0.279 e. The van der Waals surface area contributed by atoms with E-state index in [0.29, 0.717) is 69.1 Å². The Morgan fingerprint density at radius 3 is 2.58 bits per heavy atom. The zero-order valence-corrected chi connectivity index (χ0v) is 25.5. The van der Waals surface area contributed by atoms with E-state index in [9.17, 15) is 14.7 Å². The number of aryl methyl sites for hydroxylation is 1. The Bertz CT molecular complexity index is 1730. The summed E-state index contributed by atoms with van der Waals surface area (Å²) in [5.74, 6) is -0.295. The quantitative estimate of drug-likeness (QED) is 0.245. The molecule has 2 atom stereocenters. The Morgan fingerprint density at radius 2 is 1.84 bits per heavy atom. The number of carbonyl (C=O) groups excluding carboxylic acids is 1. The summed E-state index contributed by atoms with van der Waals surface area (Å²) in [6.45, 7) is 1.18. The average Bonchev–Trinajstić information content (AvgIpc) is 2.99. The summed E-state index contributed by atoms with van der Waals surface area (Å²) in [6.07, 6.45) is 1.42. The van der Waals surface area contributed by atoms with Gasteiger partial charge in [0.25, 0.3) is 11.5 Å². The normalized spacial score (nSPS) is 16.6. The monoisotopic (exact) mass is 643 g/mol. The third-order valence-electron chi connectivity index (χ3n) is 7.15. The maximum absolute atomic E-state index is 12.9. The Hall–Kier alpha value is -3.51. The van der Waals surface area contributed by atoms with E-state index >= 15 is 0 Å². The molecule has 1 amide bonds. The van der Waals surface area contributed by atoms with Gasteiger partial charge in [0.2, 0.25) is 5.88 Å². The molecule has 1 aliphatic rings. The molecule has 5 rings (SSSR count). The summed E-state index contributed by atoms with van der Waals surface area (Å²) in [6, 6.07) is 13.5. The first kappa shape index (κ1) is 30.9. The number of hydrogen-bond donors (Lipinski definition) is 3. The van der Waals surface area contributed by atoms with Crippen LogP contribution in [0.15, 0.2) is 59.5 Å². The standard InChI is InChI=1S/C30H28Cl3N5O5/c1-38-30(41)19(9-11-35-38)28(40)36-23-8-4-6-17(27(23)33)16-5-3-7-18(26(16)32)24-13-21(31)20(29(37-24)42-2)14-34-22-10-12-43-15-25(22)39/h3-9,11,13,22,25,34,39H,10,12,14-15H2,1-2H3,(H,36,40)/t22-,25+/m1/s1. The van der Waals surface area contributed by atoms with Gasteiger partial charge in [-0.05, 0) is 24.6 Å². The highest BCUT2D eigenvalue weighted by Gasteiger charge is 2.25. The summed E-state index contributed by atoms with van der Waals surface area (Å²) in [5.41, 5.74) is 2.57. The number of halogens is 3. The summed E-state index contributed by atoms with van der Waals surface area (Å²) >= 11 is 20.4. The van der Waals surface area contributed by atoms with Crippen LogP contribution in [0.1, 0.15) is 22.3 Å². The topological polar surface area (TPSA) is 128 Å². The van der Waals surface area contributed by atoms with Crippen LogP contribution in [0.3, 0.4) is 0 Å². The van der Waals surface area contributed by atoms with Crippen molar-refractivity contribution in [3.05, 3.63) is 91.3 Å². The van der Waals surface area contributed by atoms with Crippen LogP contribution in [0.4, 0.5) is 5.69 Å². The molecule has 0 aliphatic carbocycles. The fraction of sp³-hybridized carbons (Fsp3) is 0.267. The van der Waals surface area contributed by atoms with Crippen molar-refractivity contribution < 1.29 is 19.4 Å². The number of benzene rings is 2. The number of nitrogens with zero attached hydrogens (tertiary/aromatic N) is 3.